The summed E-state index contributed by atoms with van der Waals surface area (Å²) in [6, 6.07) is 9.94. The number of fused-ring (bicyclic) bond motifs is 1. The van der Waals surface area contributed by atoms with Gasteiger partial charge in [0.1, 0.15) is 0 Å². The van der Waals surface area contributed by atoms with Gasteiger partial charge < -0.3 is 9.88 Å². The van der Waals surface area contributed by atoms with Crippen LogP contribution in [-0.4, -0.2) is 33.9 Å². The van der Waals surface area contributed by atoms with E-state index >= 15 is 0 Å². The number of nitrogens with zero attached hydrogens (tertiary/aromatic N) is 2. The number of aromatic nitrogens is 2. The van der Waals surface area contributed by atoms with Gasteiger partial charge in [0.25, 0.3) is 0 Å². The predicted octanol–water partition coefficient (Wildman–Crippen LogP) is 1.64. The van der Waals surface area contributed by atoms with Crippen molar-refractivity contribution in [3.63, 3.8) is 0 Å². The van der Waals surface area contributed by atoms with Crippen LogP contribution < -0.4 is 5.32 Å². The van der Waals surface area contributed by atoms with Crippen molar-refractivity contribution in [1.29, 1.82) is 0 Å². The number of amides is 1. The minimum Gasteiger partial charge on any atom is -0.347 e. The van der Waals surface area contributed by atoms with Crippen molar-refractivity contribution in [2.45, 2.75) is 32.0 Å². The molecule has 0 saturated heterocycles. The van der Waals surface area contributed by atoms with Gasteiger partial charge in [-0.25, -0.2) is 4.98 Å². The summed E-state index contributed by atoms with van der Waals surface area (Å²) in [6.07, 6.45) is 2.33. The van der Waals surface area contributed by atoms with Crippen LogP contribution in [-0.2, 0) is 17.8 Å². The first-order chi connectivity index (χ1) is 10.2. The van der Waals surface area contributed by atoms with Gasteiger partial charge in [0, 0.05) is 20.0 Å². The van der Waals surface area contributed by atoms with Crippen LogP contribution in [0.3, 0.4) is 0 Å². The van der Waals surface area contributed by atoms with E-state index in [1.54, 1.807) is 6.33 Å². The van der Waals surface area contributed by atoms with Crippen LogP contribution in [0.5, 0.6) is 0 Å². The Labute approximate surface area is 124 Å². The van der Waals surface area contributed by atoms with Crippen molar-refractivity contribution >= 4 is 5.91 Å². The molecule has 1 aliphatic heterocycles. The van der Waals surface area contributed by atoms with Gasteiger partial charge in [-0.2, -0.15) is 0 Å². The van der Waals surface area contributed by atoms with Crippen molar-refractivity contribution in [3.8, 4) is 0 Å². The van der Waals surface area contributed by atoms with Gasteiger partial charge in [-0.3, -0.25) is 10.1 Å². The lowest BCUT2D eigenvalue weighted by molar-refractivity contribution is -0.134. The Morgan fingerprint density at radius 3 is 2.90 bits per heavy atom. The van der Waals surface area contributed by atoms with Crippen LogP contribution in [0.25, 0.3) is 0 Å². The van der Waals surface area contributed by atoms with E-state index in [0.29, 0.717) is 13.0 Å². The summed E-state index contributed by atoms with van der Waals surface area (Å²) in [7, 11) is 1.86. The Balaban J connectivity index is 1.71. The highest BCUT2D eigenvalue weighted by Crippen LogP contribution is 2.21. The lowest BCUT2D eigenvalue weighted by atomic mass is 10.0. The number of aromatic amines is 1. The molecular formula is C16H20N4O. The molecule has 2 heterocycles. The molecule has 1 aliphatic rings. The molecule has 2 aromatic rings. The summed E-state index contributed by atoms with van der Waals surface area (Å²) in [4.78, 5) is 21.9. The number of imidazole rings is 1. The minimum atomic E-state index is -0.197. The summed E-state index contributed by atoms with van der Waals surface area (Å²) in [5, 5.41) is 3.29. The molecule has 5 heteroatoms. The van der Waals surface area contributed by atoms with Crippen LogP contribution in [0.4, 0.5) is 0 Å². The summed E-state index contributed by atoms with van der Waals surface area (Å²) in [6.45, 7) is 2.72. The van der Waals surface area contributed by atoms with Crippen LogP contribution in [0.2, 0.25) is 0 Å². The van der Waals surface area contributed by atoms with E-state index in [2.05, 4.69) is 34.3 Å². The number of H-pyrrole nitrogens is 1. The summed E-state index contributed by atoms with van der Waals surface area (Å²) >= 11 is 0. The Hall–Kier alpha value is -2.14. The van der Waals surface area contributed by atoms with Gasteiger partial charge in [-0.15, -0.1) is 0 Å². The normalized spacial score (nSPS) is 18.9. The largest absolute Gasteiger partial charge is 0.347 e. The van der Waals surface area contributed by atoms with E-state index in [1.165, 1.54) is 0 Å². The van der Waals surface area contributed by atoms with Crippen LogP contribution in [0.15, 0.2) is 36.7 Å². The monoisotopic (exact) mass is 284 g/mol. The SMILES string of the molecule is CC(c1ccccc1)N(C)C(=O)C1Cc2nc[nH]c2CN1. The first-order valence-corrected chi connectivity index (χ1v) is 7.23. The molecule has 21 heavy (non-hydrogen) atoms. The number of carbonyl (C=O) groups excluding carboxylic acids is 1. The zero-order valence-electron chi connectivity index (χ0n) is 12.3. The fourth-order valence-electron chi connectivity index (χ4n) is 2.74. The lowest BCUT2D eigenvalue weighted by Crippen LogP contribution is -2.48. The number of hydrogen-bond donors (Lipinski definition) is 2. The molecule has 0 radical (unpaired) electrons. The fourth-order valence-corrected chi connectivity index (χ4v) is 2.74. The van der Waals surface area contributed by atoms with Gasteiger partial charge in [-0.1, -0.05) is 30.3 Å². The third kappa shape index (κ3) is 2.69. The van der Waals surface area contributed by atoms with E-state index in [-0.39, 0.29) is 18.0 Å². The molecule has 0 bridgehead atoms. The van der Waals surface area contributed by atoms with Crippen molar-refractivity contribution < 1.29 is 4.79 Å². The number of benzene rings is 1. The van der Waals surface area contributed by atoms with E-state index in [4.69, 9.17) is 0 Å². The van der Waals surface area contributed by atoms with Gasteiger partial charge in [0.2, 0.25) is 5.91 Å². The Kier molecular flexibility index (Phi) is 3.75. The third-order valence-electron chi connectivity index (χ3n) is 4.24. The fraction of sp³-hybridized carbons (Fsp3) is 0.375. The third-order valence-corrected chi connectivity index (χ3v) is 4.24. The van der Waals surface area contributed by atoms with Gasteiger partial charge in [-0.05, 0) is 12.5 Å². The van der Waals surface area contributed by atoms with Gasteiger partial charge in [0.05, 0.1) is 29.8 Å². The number of rotatable bonds is 3. The molecule has 3 rings (SSSR count). The highest BCUT2D eigenvalue weighted by molar-refractivity contribution is 5.82. The average Bonchev–Trinajstić information content (AvgIpc) is 3.01. The zero-order chi connectivity index (χ0) is 14.8. The second kappa shape index (κ2) is 5.69. The first kappa shape index (κ1) is 13.8. The summed E-state index contributed by atoms with van der Waals surface area (Å²) in [5.41, 5.74) is 3.22. The maximum Gasteiger partial charge on any atom is 0.240 e. The molecule has 1 aromatic carbocycles. The topological polar surface area (TPSA) is 61.0 Å². The van der Waals surface area contributed by atoms with Crippen molar-refractivity contribution in [3.05, 3.63) is 53.6 Å². The van der Waals surface area contributed by atoms with Crippen molar-refractivity contribution in [2.24, 2.45) is 0 Å². The van der Waals surface area contributed by atoms with Crippen molar-refractivity contribution in [1.82, 2.24) is 20.2 Å². The predicted molar refractivity (Wildman–Crippen MR) is 80.5 cm³/mol. The molecule has 110 valence electrons. The van der Waals surface area contributed by atoms with Crippen LogP contribution in [0, 0.1) is 0 Å². The maximum atomic E-state index is 12.7. The minimum absolute atomic E-state index is 0.0566. The van der Waals surface area contributed by atoms with Gasteiger partial charge >= 0.3 is 0 Å². The number of hydrogen-bond acceptors (Lipinski definition) is 3. The molecule has 0 aliphatic carbocycles. The van der Waals surface area contributed by atoms with E-state index < -0.39 is 0 Å². The zero-order valence-corrected chi connectivity index (χ0v) is 12.3. The maximum absolute atomic E-state index is 12.7. The molecule has 0 fully saturated rings. The molecule has 1 amide bonds. The molecule has 2 atom stereocenters. The molecule has 5 nitrogen and oxygen atoms in total. The summed E-state index contributed by atoms with van der Waals surface area (Å²) in [5.74, 6) is 0.111. The lowest BCUT2D eigenvalue weighted by Gasteiger charge is -2.31. The Bertz CT molecular complexity index is 622. The second-order valence-electron chi connectivity index (χ2n) is 5.50. The van der Waals surface area contributed by atoms with E-state index in [1.807, 2.05) is 30.1 Å². The van der Waals surface area contributed by atoms with E-state index in [0.717, 1.165) is 17.0 Å². The Morgan fingerprint density at radius 1 is 1.38 bits per heavy atom. The molecule has 2 N–H and O–H groups in total. The Morgan fingerprint density at radius 2 is 2.14 bits per heavy atom. The highest BCUT2D eigenvalue weighted by Gasteiger charge is 2.29. The molecule has 0 saturated carbocycles. The smallest absolute Gasteiger partial charge is 0.240 e. The first-order valence-electron chi connectivity index (χ1n) is 7.23. The van der Waals surface area contributed by atoms with Gasteiger partial charge in [0.15, 0.2) is 0 Å². The summed E-state index contributed by atoms with van der Waals surface area (Å²) < 4.78 is 0. The molecule has 2 unspecified atom stereocenters. The average molecular weight is 284 g/mol. The number of carbonyl (C=O) groups is 1. The van der Waals surface area contributed by atoms with Crippen molar-refractivity contribution in [2.75, 3.05) is 7.05 Å². The molecule has 0 spiro atoms. The molecule has 1 aromatic heterocycles. The number of nitrogens with one attached hydrogen (secondary N) is 2. The quantitative estimate of drug-likeness (QED) is 0.901. The highest BCUT2D eigenvalue weighted by atomic mass is 16.2. The standard InChI is InChI=1S/C16H20N4O/c1-11(12-6-4-3-5-7-12)20(2)16(21)14-8-13-15(9-17-14)19-10-18-13/h3-7,10-11,14,17H,8-9H2,1-2H3,(H,18,19). The van der Waals surface area contributed by atoms with Crippen LogP contribution >= 0.6 is 0 Å². The second-order valence-corrected chi connectivity index (χ2v) is 5.50. The van der Waals surface area contributed by atoms with E-state index in [9.17, 15) is 4.79 Å². The molecular weight excluding hydrogens is 264 g/mol. The van der Waals surface area contributed by atoms with Crippen LogP contribution in [0.1, 0.15) is 29.9 Å². The number of likely N-dealkylation sites (N-methyl/N-ethyl adjacent to an activating group) is 1.